The van der Waals surface area contributed by atoms with E-state index in [1.165, 1.54) is 6.07 Å². The maximum Gasteiger partial charge on any atom is 0.307 e. The number of carbonyl (C=O) groups is 3. The van der Waals surface area contributed by atoms with Crippen LogP contribution in [-0.2, 0) is 16.0 Å². The number of halogens is 1. The average Bonchev–Trinajstić information content (AvgIpc) is 3.10. The van der Waals surface area contributed by atoms with E-state index in [0.29, 0.717) is 25.3 Å². The van der Waals surface area contributed by atoms with Crippen molar-refractivity contribution in [3.05, 3.63) is 51.0 Å². The highest BCUT2D eigenvalue weighted by molar-refractivity contribution is 9.10. The summed E-state index contributed by atoms with van der Waals surface area (Å²) >= 11 is 3.38. The van der Waals surface area contributed by atoms with Gasteiger partial charge in [-0.15, -0.1) is 5.11 Å². The predicted molar refractivity (Wildman–Crippen MR) is 132 cm³/mol. The van der Waals surface area contributed by atoms with E-state index in [1.807, 2.05) is 24.3 Å². The molecule has 2 aliphatic rings. The molecule has 0 saturated heterocycles. The van der Waals surface area contributed by atoms with Gasteiger partial charge in [-0.2, -0.15) is 10.4 Å². The monoisotopic (exact) mass is 537 g/mol. The van der Waals surface area contributed by atoms with Gasteiger partial charge in [-0.05, 0) is 72.4 Å². The fourth-order valence-electron chi connectivity index (χ4n) is 4.38. The Morgan fingerprint density at radius 3 is 2.71 bits per heavy atom. The molecule has 0 saturated carbocycles. The first-order valence-electron chi connectivity index (χ1n) is 11.5. The van der Waals surface area contributed by atoms with Crippen LogP contribution in [0.1, 0.15) is 58.5 Å². The summed E-state index contributed by atoms with van der Waals surface area (Å²) in [5.74, 6) is -1.05. The Labute approximate surface area is 211 Å². The number of esters is 1. The molecule has 9 nitrogen and oxygen atoms in total. The summed E-state index contributed by atoms with van der Waals surface area (Å²) < 4.78 is 5.32. The number of carbonyl (C=O) groups excluding carboxylic acids is 3. The number of rotatable bonds is 7. The highest BCUT2D eigenvalue weighted by Gasteiger charge is 2.38. The summed E-state index contributed by atoms with van der Waals surface area (Å²) in [4.78, 5) is 40.3. The number of hydrogen-bond acceptors (Lipinski definition) is 8. The lowest BCUT2D eigenvalue weighted by Crippen LogP contribution is -2.31. The second-order valence-corrected chi connectivity index (χ2v) is 8.93. The third kappa shape index (κ3) is 4.68. The summed E-state index contributed by atoms with van der Waals surface area (Å²) in [5.41, 5.74) is 3.51. The van der Waals surface area contributed by atoms with Crippen molar-refractivity contribution < 1.29 is 19.1 Å². The van der Waals surface area contributed by atoms with Crippen LogP contribution in [0.4, 0.5) is 17.1 Å². The van der Waals surface area contributed by atoms with Gasteiger partial charge in [0.1, 0.15) is 11.8 Å². The topological polar surface area (TPSA) is 115 Å². The molecular weight excluding hydrogens is 514 g/mol. The Kier molecular flexibility index (Phi) is 7.26. The van der Waals surface area contributed by atoms with E-state index in [1.54, 1.807) is 13.8 Å². The van der Waals surface area contributed by atoms with Crippen molar-refractivity contribution in [1.82, 2.24) is 4.90 Å². The average molecular weight is 538 g/mol. The lowest BCUT2D eigenvalue weighted by atomic mass is 10.0. The zero-order valence-corrected chi connectivity index (χ0v) is 21.1. The number of anilines is 1. The van der Waals surface area contributed by atoms with E-state index in [0.717, 1.165) is 35.5 Å². The molecule has 2 aromatic carbocycles. The van der Waals surface area contributed by atoms with Crippen LogP contribution in [-0.4, -0.2) is 48.9 Å². The standard InChI is InChI=1S/C25H24BrN5O4/c1-3-31-24(33)18-13-16(14-27)23(22(26)21(18)25(31)34)29-28-17-7-8-19-15(12-17)6-5-10-30(19)11-9-20(32)35-4-2/h7-8,12-13H,3-6,9-11H2,1-2H3. The first-order chi connectivity index (χ1) is 16.9. The fourth-order valence-corrected chi connectivity index (χ4v) is 5.06. The molecule has 0 aliphatic carbocycles. The van der Waals surface area contributed by atoms with Crippen molar-refractivity contribution >= 4 is 50.8 Å². The maximum atomic E-state index is 12.7. The molecule has 0 radical (unpaired) electrons. The van der Waals surface area contributed by atoms with Gasteiger partial charge in [0.05, 0.1) is 39.9 Å². The number of benzene rings is 2. The van der Waals surface area contributed by atoms with Crippen molar-refractivity contribution in [2.24, 2.45) is 10.2 Å². The first-order valence-corrected chi connectivity index (χ1v) is 12.3. The van der Waals surface area contributed by atoms with Gasteiger partial charge >= 0.3 is 5.97 Å². The van der Waals surface area contributed by atoms with Crippen LogP contribution < -0.4 is 4.90 Å². The third-order valence-corrected chi connectivity index (χ3v) is 6.82. The van der Waals surface area contributed by atoms with Crippen LogP contribution in [0.5, 0.6) is 0 Å². The number of amides is 2. The molecule has 4 rings (SSSR count). The van der Waals surface area contributed by atoms with Crippen molar-refractivity contribution in [1.29, 1.82) is 5.26 Å². The van der Waals surface area contributed by atoms with Crippen molar-refractivity contribution in [2.45, 2.75) is 33.1 Å². The molecule has 35 heavy (non-hydrogen) atoms. The van der Waals surface area contributed by atoms with E-state index in [2.05, 4.69) is 31.1 Å². The number of imide groups is 1. The quantitative estimate of drug-likeness (QED) is 0.277. The fraction of sp³-hybridized carbons (Fsp3) is 0.360. The van der Waals surface area contributed by atoms with E-state index in [9.17, 15) is 19.6 Å². The zero-order valence-electron chi connectivity index (χ0n) is 19.5. The molecule has 0 atom stereocenters. The van der Waals surface area contributed by atoms with Gasteiger partial charge in [-0.25, -0.2) is 0 Å². The molecule has 0 spiro atoms. The molecular formula is C25H24BrN5O4. The molecule has 0 unspecified atom stereocenters. The minimum absolute atomic E-state index is 0.154. The summed E-state index contributed by atoms with van der Waals surface area (Å²) in [6, 6.07) is 9.17. The minimum Gasteiger partial charge on any atom is -0.466 e. The summed E-state index contributed by atoms with van der Waals surface area (Å²) in [6.07, 6.45) is 2.16. The number of aryl methyl sites for hydroxylation is 1. The van der Waals surface area contributed by atoms with Crippen LogP contribution in [0.25, 0.3) is 0 Å². The van der Waals surface area contributed by atoms with Crippen molar-refractivity contribution in [2.75, 3.05) is 31.1 Å². The zero-order chi connectivity index (χ0) is 25.1. The molecule has 2 amide bonds. The van der Waals surface area contributed by atoms with Gasteiger partial charge in [0.25, 0.3) is 11.8 Å². The number of ether oxygens (including phenoxy) is 1. The van der Waals surface area contributed by atoms with Gasteiger partial charge in [-0.3, -0.25) is 19.3 Å². The van der Waals surface area contributed by atoms with Gasteiger partial charge in [-0.1, -0.05) is 0 Å². The van der Waals surface area contributed by atoms with Crippen LogP contribution >= 0.6 is 15.9 Å². The number of fused-ring (bicyclic) bond motifs is 2. The number of azo groups is 1. The molecule has 0 bridgehead atoms. The van der Waals surface area contributed by atoms with Gasteiger partial charge in [0.2, 0.25) is 0 Å². The van der Waals surface area contributed by atoms with Crippen LogP contribution in [0, 0.1) is 11.3 Å². The van der Waals surface area contributed by atoms with E-state index >= 15 is 0 Å². The van der Waals surface area contributed by atoms with Gasteiger partial charge < -0.3 is 9.64 Å². The van der Waals surface area contributed by atoms with Gasteiger partial charge in [0.15, 0.2) is 0 Å². The Balaban J connectivity index is 1.60. The van der Waals surface area contributed by atoms with E-state index in [4.69, 9.17) is 4.74 Å². The summed E-state index contributed by atoms with van der Waals surface area (Å²) in [7, 11) is 0. The molecule has 2 heterocycles. The number of nitrogens with zero attached hydrogens (tertiary/aromatic N) is 5. The maximum absolute atomic E-state index is 12.7. The molecule has 2 aliphatic heterocycles. The van der Waals surface area contributed by atoms with E-state index in [-0.39, 0.29) is 39.4 Å². The third-order valence-electron chi connectivity index (χ3n) is 6.05. The smallest absolute Gasteiger partial charge is 0.307 e. The second-order valence-electron chi connectivity index (χ2n) is 8.13. The Morgan fingerprint density at radius 2 is 2.00 bits per heavy atom. The van der Waals surface area contributed by atoms with Gasteiger partial charge in [0, 0.05) is 25.3 Å². The highest BCUT2D eigenvalue weighted by Crippen LogP contribution is 2.40. The lowest BCUT2D eigenvalue weighted by Gasteiger charge is -2.31. The van der Waals surface area contributed by atoms with Crippen molar-refractivity contribution in [3.63, 3.8) is 0 Å². The Morgan fingerprint density at radius 1 is 1.20 bits per heavy atom. The summed E-state index contributed by atoms with van der Waals surface area (Å²) in [5, 5.41) is 18.2. The normalized spacial score (nSPS) is 14.8. The molecule has 180 valence electrons. The predicted octanol–water partition coefficient (Wildman–Crippen LogP) is 5.06. The van der Waals surface area contributed by atoms with Crippen LogP contribution in [0.3, 0.4) is 0 Å². The van der Waals surface area contributed by atoms with Crippen molar-refractivity contribution in [3.8, 4) is 6.07 Å². The highest BCUT2D eigenvalue weighted by atomic mass is 79.9. The Hall–Kier alpha value is -3.58. The lowest BCUT2D eigenvalue weighted by molar-refractivity contribution is -0.142. The second kappa shape index (κ2) is 10.4. The molecule has 0 fully saturated rings. The molecule has 10 heteroatoms. The summed E-state index contributed by atoms with van der Waals surface area (Å²) in [6.45, 7) is 5.57. The van der Waals surface area contributed by atoms with E-state index < -0.39 is 11.8 Å². The largest absolute Gasteiger partial charge is 0.466 e. The van der Waals surface area contributed by atoms with Crippen LogP contribution in [0.2, 0.25) is 0 Å². The number of hydrogen-bond donors (Lipinski definition) is 0. The van der Waals surface area contributed by atoms with Crippen LogP contribution in [0.15, 0.2) is 39.0 Å². The molecule has 0 aromatic heterocycles. The number of nitriles is 1. The Bertz CT molecular complexity index is 1280. The SMILES string of the molecule is CCOC(=O)CCN1CCCc2cc(N=Nc3c(C#N)cc4c(c3Br)C(=O)N(CC)C4=O)ccc21. The minimum atomic E-state index is -0.421. The molecule has 2 aromatic rings. The first kappa shape index (κ1) is 24.5. The molecule has 0 N–H and O–H groups in total.